The summed E-state index contributed by atoms with van der Waals surface area (Å²) < 4.78 is 0. The smallest absolute Gasteiger partial charge is 0.321 e. The number of carbonyl (C=O) groups is 1. The lowest BCUT2D eigenvalue weighted by Gasteiger charge is -2.03. The average Bonchev–Trinajstić information content (AvgIpc) is 2.92. The fourth-order valence-corrected chi connectivity index (χ4v) is 2.12. The van der Waals surface area contributed by atoms with E-state index in [4.69, 9.17) is 0 Å². The molecule has 1 amide bonds. The molecule has 1 aromatic heterocycles. The molecule has 1 N–H and O–H groups in total. The molecule has 9 heteroatoms. The molecule has 2 rings (SSSR count). The van der Waals surface area contributed by atoms with Crippen LogP contribution in [0.5, 0.6) is 0 Å². The molecule has 0 aliphatic carbocycles. The van der Waals surface area contributed by atoms with Crippen LogP contribution in [0.25, 0.3) is 0 Å². The first-order chi connectivity index (χ1) is 9.49. The maximum Gasteiger partial charge on any atom is 0.348 e. The van der Waals surface area contributed by atoms with E-state index in [0.29, 0.717) is 4.88 Å². The van der Waals surface area contributed by atoms with Gasteiger partial charge in [0.25, 0.3) is 5.91 Å². The lowest BCUT2D eigenvalue weighted by molar-refractivity contribution is -0.422. The van der Waals surface area contributed by atoms with E-state index in [1.807, 2.05) is 0 Å². The van der Waals surface area contributed by atoms with Crippen LogP contribution in [0.2, 0.25) is 0 Å². The van der Waals surface area contributed by atoms with Crippen molar-refractivity contribution in [1.82, 2.24) is 0 Å². The van der Waals surface area contributed by atoms with Gasteiger partial charge in [-0.25, -0.2) is 0 Å². The second kappa shape index (κ2) is 5.45. The Balaban J connectivity index is 2.30. The van der Waals surface area contributed by atoms with Crippen molar-refractivity contribution < 1.29 is 14.6 Å². The molecule has 0 bridgehead atoms. The molecule has 0 atom stereocenters. The molecule has 1 aromatic carbocycles. The summed E-state index contributed by atoms with van der Waals surface area (Å²) in [5.41, 5.74) is -1.16. The molecule has 102 valence electrons. The Hall–Kier alpha value is -2.81. The minimum atomic E-state index is -0.862. The van der Waals surface area contributed by atoms with E-state index in [0.717, 1.165) is 12.1 Å². The van der Waals surface area contributed by atoms with Crippen LogP contribution in [0.1, 0.15) is 9.67 Å². The predicted octanol–water partition coefficient (Wildman–Crippen LogP) is 2.82. The third-order valence-electron chi connectivity index (χ3n) is 2.37. The summed E-state index contributed by atoms with van der Waals surface area (Å²) in [5, 5.41) is 25.6. The third kappa shape index (κ3) is 2.78. The summed E-state index contributed by atoms with van der Waals surface area (Å²) in [6.45, 7) is 0. The fourth-order valence-electron chi connectivity index (χ4n) is 1.50. The fraction of sp³-hybridized carbons (Fsp3) is 0. The molecule has 0 aliphatic heterocycles. The monoisotopic (exact) mass is 293 g/mol. The van der Waals surface area contributed by atoms with Crippen molar-refractivity contribution in [3.8, 4) is 0 Å². The quantitative estimate of drug-likeness (QED) is 0.687. The topological polar surface area (TPSA) is 115 Å². The lowest BCUT2D eigenvalue weighted by atomic mass is 10.2. The van der Waals surface area contributed by atoms with Gasteiger partial charge in [-0.3, -0.25) is 25.0 Å². The zero-order valence-electron chi connectivity index (χ0n) is 9.81. The highest BCUT2D eigenvalue weighted by Gasteiger charge is 2.24. The number of thiophene rings is 1. The van der Waals surface area contributed by atoms with Gasteiger partial charge in [0.05, 0.1) is 14.7 Å². The number of nitro benzene ring substituents is 2. The maximum absolute atomic E-state index is 11.8. The Bertz CT molecular complexity index is 683. The zero-order valence-corrected chi connectivity index (χ0v) is 10.6. The molecule has 20 heavy (non-hydrogen) atoms. The molecule has 0 spiro atoms. The summed E-state index contributed by atoms with van der Waals surface area (Å²) in [6, 6.07) is 6.49. The van der Waals surface area contributed by atoms with Crippen molar-refractivity contribution in [2.75, 3.05) is 5.32 Å². The van der Waals surface area contributed by atoms with Gasteiger partial charge in [0.2, 0.25) is 0 Å². The first-order valence-electron chi connectivity index (χ1n) is 5.26. The van der Waals surface area contributed by atoms with Crippen LogP contribution >= 0.6 is 11.3 Å². The number of hydrogen-bond donors (Lipinski definition) is 1. The molecule has 0 saturated carbocycles. The van der Waals surface area contributed by atoms with Gasteiger partial charge in [-0.15, -0.1) is 11.3 Å². The van der Waals surface area contributed by atoms with Crippen LogP contribution in [-0.4, -0.2) is 15.8 Å². The summed E-state index contributed by atoms with van der Waals surface area (Å²) in [6.07, 6.45) is 0. The van der Waals surface area contributed by atoms with Crippen LogP contribution in [0.15, 0.2) is 35.7 Å². The predicted molar refractivity (Wildman–Crippen MR) is 72.0 cm³/mol. The zero-order chi connectivity index (χ0) is 14.7. The molecule has 0 fully saturated rings. The van der Waals surface area contributed by atoms with Crippen LogP contribution in [0.4, 0.5) is 17.1 Å². The Kier molecular flexibility index (Phi) is 3.71. The van der Waals surface area contributed by atoms with Gasteiger partial charge >= 0.3 is 11.4 Å². The summed E-state index contributed by atoms with van der Waals surface area (Å²) in [7, 11) is 0. The molecule has 0 aliphatic rings. The number of rotatable bonds is 4. The SMILES string of the molecule is O=C(Nc1ccc([N+](=O)[O-])c([N+](=O)[O-])c1)c1cccs1. The van der Waals surface area contributed by atoms with E-state index >= 15 is 0 Å². The third-order valence-corrected chi connectivity index (χ3v) is 3.24. The molecule has 0 radical (unpaired) electrons. The number of amides is 1. The normalized spacial score (nSPS) is 10.0. The van der Waals surface area contributed by atoms with Crippen molar-refractivity contribution in [2.45, 2.75) is 0 Å². The van der Waals surface area contributed by atoms with Gasteiger partial charge in [-0.1, -0.05) is 6.07 Å². The number of benzene rings is 1. The van der Waals surface area contributed by atoms with E-state index in [1.165, 1.54) is 17.4 Å². The van der Waals surface area contributed by atoms with Crippen LogP contribution in [0.3, 0.4) is 0 Å². The van der Waals surface area contributed by atoms with E-state index in [2.05, 4.69) is 5.32 Å². The van der Waals surface area contributed by atoms with Gasteiger partial charge in [0, 0.05) is 17.8 Å². The van der Waals surface area contributed by atoms with Gasteiger partial charge in [0.1, 0.15) is 0 Å². The van der Waals surface area contributed by atoms with Crippen molar-refractivity contribution in [3.05, 3.63) is 60.8 Å². The molecular weight excluding hydrogens is 286 g/mol. The largest absolute Gasteiger partial charge is 0.348 e. The Morgan fingerprint density at radius 2 is 1.80 bits per heavy atom. The second-order valence-electron chi connectivity index (χ2n) is 3.65. The van der Waals surface area contributed by atoms with Crippen molar-refractivity contribution in [2.24, 2.45) is 0 Å². The first kappa shape index (κ1) is 13.6. The Morgan fingerprint density at radius 3 is 2.35 bits per heavy atom. The molecule has 8 nitrogen and oxygen atoms in total. The van der Waals surface area contributed by atoms with Gasteiger partial charge in [0.15, 0.2) is 0 Å². The van der Waals surface area contributed by atoms with E-state index in [1.54, 1.807) is 17.5 Å². The molecule has 1 heterocycles. The van der Waals surface area contributed by atoms with Crippen LogP contribution < -0.4 is 5.32 Å². The highest BCUT2D eigenvalue weighted by molar-refractivity contribution is 7.12. The number of carbonyl (C=O) groups excluding carboxylic acids is 1. The Labute approximate surface area is 116 Å². The highest BCUT2D eigenvalue weighted by Crippen LogP contribution is 2.29. The average molecular weight is 293 g/mol. The minimum Gasteiger partial charge on any atom is -0.321 e. The number of nitrogens with zero attached hydrogens (tertiary/aromatic N) is 2. The van der Waals surface area contributed by atoms with Gasteiger partial charge in [-0.05, 0) is 17.5 Å². The minimum absolute atomic E-state index is 0.126. The van der Waals surface area contributed by atoms with Gasteiger partial charge < -0.3 is 5.32 Å². The lowest BCUT2D eigenvalue weighted by Crippen LogP contribution is -2.10. The number of nitro groups is 2. The van der Waals surface area contributed by atoms with Crippen LogP contribution in [-0.2, 0) is 0 Å². The van der Waals surface area contributed by atoms with Crippen molar-refractivity contribution in [3.63, 3.8) is 0 Å². The number of hydrogen-bond acceptors (Lipinski definition) is 6. The number of nitrogens with one attached hydrogen (secondary N) is 1. The van der Waals surface area contributed by atoms with Crippen LogP contribution in [0, 0.1) is 20.2 Å². The molecular formula is C11H7N3O5S. The first-order valence-corrected chi connectivity index (χ1v) is 6.14. The standard InChI is InChI=1S/C11H7N3O5S/c15-11(10-2-1-5-20-10)12-7-3-4-8(13(16)17)9(6-7)14(18)19/h1-6H,(H,12,15). The molecule has 2 aromatic rings. The molecule has 0 saturated heterocycles. The van der Waals surface area contributed by atoms with Crippen molar-refractivity contribution in [1.29, 1.82) is 0 Å². The van der Waals surface area contributed by atoms with E-state index in [-0.39, 0.29) is 5.69 Å². The Morgan fingerprint density at radius 1 is 1.10 bits per heavy atom. The summed E-state index contributed by atoms with van der Waals surface area (Å²) >= 11 is 1.21. The van der Waals surface area contributed by atoms with E-state index < -0.39 is 27.1 Å². The summed E-state index contributed by atoms with van der Waals surface area (Å²) in [4.78, 5) is 31.9. The highest BCUT2D eigenvalue weighted by atomic mass is 32.1. The summed E-state index contributed by atoms with van der Waals surface area (Å²) in [5.74, 6) is -0.428. The number of anilines is 1. The molecule has 0 unspecified atom stereocenters. The van der Waals surface area contributed by atoms with E-state index in [9.17, 15) is 25.0 Å². The maximum atomic E-state index is 11.8. The van der Waals surface area contributed by atoms with Gasteiger partial charge in [-0.2, -0.15) is 0 Å². The second-order valence-corrected chi connectivity index (χ2v) is 4.60. The van der Waals surface area contributed by atoms with Crippen molar-refractivity contribution >= 4 is 34.3 Å².